The molecular formula is C7H6KNO6S. The summed E-state index contributed by atoms with van der Waals surface area (Å²) in [5, 5.41) is 19.6. The Morgan fingerprint density at radius 2 is 1.88 bits per heavy atom. The van der Waals surface area contributed by atoms with Gasteiger partial charge in [-0.2, -0.15) is 8.42 Å². The van der Waals surface area contributed by atoms with Gasteiger partial charge in [0.15, 0.2) is 0 Å². The first-order chi connectivity index (χ1) is 6.73. The van der Waals surface area contributed by atoms with Crippen molar-refractivity contribution in [3.63, 3.8) is 0 Å². The van der Waals surface area contributed by atoms with Gasteiger partial charge in [0.1, 0.15) is 4.90 Å². The second kappa shape index (κ2) is 5.45. The first-order valence-corrected chi connectivity index (χ1v) is 4.99. The molecule has 1 aromatic carbocycles. The van der Waals surface area contributed by atoms with E-state index >= 15 is 0 Å². The van der Waals surface area contributed by atoms with Crippen molar-refractivity contribution < 1.29 is 79.4 Å². The van der Waals surface area contributed by atoms with Crippen molar-refractivity contribution in [1.82, 2.24) is 0 Å². The van der Waals surface area contributed by atoms with Gasteiger partial charge in [-0.3, -0.25) is 4.55 Å². The molecule has 0 amide bonds. The molecule has 0 saturated carbocycles. The van der Waals surface area contributed by atoms with Crippen molar-refractivity contribution in [1.29, 1.82) is 0 Å². The molecule has 0 aliphatic rings. The zero-order valence-corrected chi connectivity index (χ0v) is 12.1. The molecule has 0 bridgehead atoms. The molecule has 0 heterocycles. The molecule has 7 nitrogen and oxygen atoms in total. The van der Waals surface area contributed by atoms with Crippen LogP contribution in [0.4, 0.5) is 5.69 Å². The van der Waals surface area contributed by atoms with E-state index in [9.17, 15) is 18.3 Å². The molecule has 1 aromatic rings. The predicted molar refractivity (Wildman–Crippen MR) is 47.1 cm³/mol. The van der Waals surface area contributed by atoms with Crippen LogP contribution in [0.3, 0.4) is 0 Å². The van der Waals surface area contributed by atoms with E-state index < -0.39 is 38.0 Å². The number of benzene rings is 1. The number of nitrogen functional groups attached to an aromatic ring is 1. The third-order valence-electron chi connectivity index (χ3n) is 1.62. The maximum atomic E-state index is 11.0. The molecule has 0 atom stereocenters. The van der Waals surface area contributed by atoms with Gasteiger partial charge in [-0.15, -0.1) is 0 Å². The molecule has 0 spiro atoms. The van der Waals surface area contributed by atoms with Gasteiger partial charge >= 0.3 is 57.4 Å². The molecule has 0 aliphatic heterocycles. The third kappa shape index (κ3) is 3.42. The van der Waals surface area contributed by atoms with Crippen LogP contribution in [0, 0.1) is 0 Å². The van der Waals surface area contributed by atoms with Crippen molar-refractivity contribution in [2.24, 2.45) is 0 Å². The number of carboxylic acid groups (broad SMARTS) is 1. The standard InChI is InChI=1S/C7H7NO6S.K/c8-4-2-5(9)3(7(10)11)1-6(4)15(12,13)14;/h1-2,9H,8H2,(H,10,11)(H,12,13,14);/q;+1/p-1. The summed E-state index contributed by atoms with van der Waals surface area (Å²) in [6.07, 6.45) is 0. The van der Waals surface area contributed by atoms with Gasteiger partial charge in [-0.1, -0.05) is 5.75 Å². The van der Waals surface area contributed by atoms with Crippen molar-refractivity contribution in [2.75, 3.05) is 5.73 Å². The first kappa shape index (κ1) is 15.8. The normalized spacial score (nSPS) is 10.6. The summed E-state index contributed by atoms with van der Waals surface area (Å²) in [7, 11) is -4.63. The zero-order valence-electron chi connectivity index (χ0n) is 8.17. The Hall–Kier alpha value is -0.164. The Kier molecular flexibility index (Phi) is 5.39. The van der Waals surface area contributed by atoms with E-state index in [2.05, 4.69) is 0 Å². The molecule has 0 unspecified atom stereocenters. The maximum Gasteiger partial charge on any atom is 1.00 e. The van der Waals surface area contributed by atoms with Crippen LogP contribution < -0.4 is 62.2 Å². The van der Waals surface area contributed by atoms with Gasteiger partial charge in [-0.05, 0) is 12.1 Å². The monoisotopic (exact) mass is 271 g/mol. The summed E-state index contributed by atoms with van der Waals surface area (Å²) in [6, 6.07) is 1.15. The smallest absolute Gasteiger partial charge is 0.872 e. The largest absolute Gasteiger partial charge is 1.00 e. The van der Waals surface area contributed by atoms with Gasteiger partial charge in [0, 0.05) is 0 Å². The second-order valence-electron chi connectivity index (χ2n) is 2.67. The van der Waals surface area contributed by atoms with E-state index in [1.807, 2.05) is 0 Å². The van der Waals surface area contributed by atoms with Crippen molar-refractivity contribution in [3.05, 3.63) is 17.7 Å². The van der Waals surface area contributed by atoms with E-state index in [0.717, 1.165) is 0 Å². The Bertz CT molecular complexity index is 526. The molecule has 0 aliphatic carbocycles. The number of hydrogen-bond donors (Lipinski definition) is 3. The quantitative estimate of drug-likeness (QED) is 0.285. The fourth-order valence-electron chi connectivity index (χ4n) is 0.966. The van der Waals surface area contributed by atoms with Crippen LogP contribution in [0.1, 0.15) is 10.4 Å². The molecule has 0 aromatic heterocycles. The summed E-state index contributed by atoms with van der Waals surface area (Å²) in [4.78, 5) is 9.70. The first-order valence-electron chi connectivity index (χ1n) is 3.55. The fourth-order valence-corrected chi connectivity index (χ4v) is 1.59. The summed E-state index contributed by atoms with van der Waals surface area (Å²) < 4.78 is 30.1. The molecule has 0 radical (unpaired) electrons. The van der Waals surface area contributed by atoms with Gasteiger partial charge < -0.3 is 15.9 Å². The van der Waals surface area contributed by atoms with Crippen LogP contribution in [-0.2, 0) is 10.1 Å². The van der Waals surface area contributed by atoms with Gasteiger partial charge in [0.05, 0.1) is 11.3 Å². The Morgan fingerprint density at radius 1 is 1.38 bits per heavy atom. The van der Waals surface area contributed by atoms with Gasteiger partial charge in [0.2, 0.25) is 0 Å². The van der Waals surface area contributed by atoms with E-state index in [-0.39, 0.29) is 51.4 Å². The summed E-state index contributed by atoms with van der Waals surface area (Å²) >= 11 is 0. The number of rotatable bonds is 2. The van der Waals surface area contributed by atoms with E-state index in [1.54, 1.807) is 0 Å². The van der Waals surface area contributed by atoms with Crippen molar-refractivity contribution in [2.45, 2.75) is 4.90 Å². The summed E-state index contributed by atoms with van der Waals surface area (Å²) in [5.74, 6) is -2.52. The summed E-state index contributed by atoms with van der Waals surface area (Å²) in [5.41, 5.74) is 3.88. The topological polar surface area (TPSA) is 141 Å². The molecular weight excluding hydrogens is 265 g/mol. The number of anilines is 1. The van der Waals surface area contributed by atoms with Crippen LogP contribution in [-0.4, -0.2) is 24.0 Å². The van der Waals surface area contributed by atoms with E-state index in [4.69, 9.17) is 15.4 Å². The van der Waals surface area contributed by atoms with Crippen LogP contribution in [0.15, 0.2) is 17.0 Å². The minimum Gasteiger partial charge on any atom is -0.872 e. The molecule has 0 saturated heterocycles. The molecule has 16 heavy (non-hydrogen) atoms. The predicted octanol–water partition coefficient (Wildman–Crippen LogP) is -3.71. The van der Waals surface area contributed by atoms with Crippen LogP contribution in [0.2, 0.25) is 0 Å². The van der Waals surface area contributed by atoms with E-state index in [1.165, 1.54) is 0 Å². The minimum absolute atomic E-state index is 0. The number of hydrogen-bond acceptors (Lipinski definition) is 5. The van der Waals surface area contributed by atoms with Crippen molar-refractivity contribution in [3.8, 4) is 5.75 Å². The fraction of sp³-hybridized carbons (Fsp3) is 0. The Balaban J connectivity index is 0.00000225. The van der Waals surface area contributed by atoms with Crippen molar-refractivity contribution >= 4 is 21.8 Å². The minimum atomic E-state index is -4.63. The molecule has 9 heteroatoms. The SMILES string of the molecule is Nc1cc([O-])c(C(=O)O)cc1S(=O)(=O)O.[K+]. The Morgan fingerprint density at radius 3 is 2.25 bits per heavy atom. The third-order valence-corrected chi connectivity index (χ3v) is 2.53. The van der Waals surface area contributed by atoms with Crippen LogP contribution in [0.25, 0.3) is 0 Å². The molecule has 0 fully saturated rings. The number of carboxylic acids is 1. The summed E-state index contributed by atoms with van der Waals surface area (Å²) in [6.45, 7) is 0. The van der Waals surface area contributed by atoms with Crippen LogP contribution in [0.5, 0.6) is 5.75 Å². The maximum absolute atomic E-state index is 11.0. The molecule has 4 N–H and O–H groups in total. The average Bonchev–Trinajstić information content (AvgIpc) is 2.00. The molecule has 82 valence electrons. The zero-order chi connectivity index (χ0) is 11.8. The molecule has 1 rings (SSSR count). The Labute approximate surface area is 133 Å². The number of aromatic carboxylic acids is 1. The average molecular weight is 271 g/mol. The van der Waals surface area contributed by atoms with Gasteiger partial charge in [0.25, 0.3) is 10.1 Å². The van der Waals surface area contributed by atoms with E-state index in [0.29, 0.717) is 12.1 Å². The number of nitrogens with two attached hydrogens (primary N) is 1. The second-order valence-corrected chi connectivity index (χ2v) is 4.06. The van der Waals surface area contributed by atoms with Crippen LogP contribution >= 0.6 is 0 Å². The number of carbonyl (C=O) groups is 1. The van der Waals surface area contributed by atoms with Gasteiger partial charge in [-0.25, -0.2) is 4.79 Å².